The van der Waals surface area contributed by atoms with Crippen LogP contribution in [0.3, 0.4) is 0 Å². The first-order chi connectivity index (χ1) is 4.74. The van der Waals surface area contributed by atoms with Gasteiger partial charge in [-0.15, -0.1) is 0 Å². The molecule has 0 saturated heterocycles. The molecule has 54 valence electrons. The lowest BCUT2D eigenvalue weighted by atomic mass is 10.5. The van der Waals surface area contributed by atoms with Gasteiger partial charge < -0.3 is 0 Å². The van der Waals surface area contributed by atoms with E-state index in [1.165, 1.54) is 16.8 Å². The number of hydrogen-bond donors (Lipinski definition) is 1. The maximum atomic E-state index is 10.8. The van der Waals surface area contributed by atoms with Crippen LogP contribution in [0.4, 0.5) is 0 Å². The first kappa shape index (κ1) is 6.80. The maximum absolute atomic E-state index is 10.8. The minimum absolute atomic E-state index is 0.179. The SMILES string of the molecule is CCn1[nH]c(=O)ccc1=O. The van der Waals surface area contributed by atoms with Gasteiger partial charge in [0.15, 0.2) is 0 Å². The fraction of sp³-hybridized carbons (Fsp3) is 0.333. The summed E-state index contributed by atoms with van der Waals surface area (Å²) in [4.78, 5) is 21.4. The largest absolute Gasteiger partial charge is 0.268 e. The van der Waals surface area contributed by atoms with Crippen LogP contribution in [0, 0.1) is 0 Å². The number of aryl methyl sites for hydroxylation is 1. The molecular formula is C6H8N2O2. The van der Waals surface area contributed by atoms with Gasteiger partial charge in [-0.2, -0.15) is 0 Å². The number of rotatable bonds is 1. The second-order valence-corrected chi connectivity index (χ2v) is 1.89. The summed E-state index contributed by atoms with van der Waals surface area (Å²) in [5.41, 5.74) is -0.427. The average Bonchev–Trinajstić information content (AvgIpc) is 1.94. The van der Waals surface area contributed by atoms with Crippen molar-refractivity contribution in [2.75, 3.05) is 0 Å². The molecule has 0 atom stereocenters. The van der Waals surface area contributed by atoms with Crippen LogP contribution in [0.25, 0.3) is 0 Å². The van der Waals surface area contributed by atoms with E-state index in [0.29, 0.717) is 6.54 Å². The van der Waals surface area contributed by atoms with Gasteiger partial charge in [-0.3, -0.25) is 19.4 Å². The summed E-state index contributed by atoms with van der Waals surface area (Å²) in [5, 5.41) is 2.37. The summed E-state index contributed by atoms with van der Waals surface area (Å²) in [6.45, 7) is 2.28. The van der Waals surface area contributed by atoms with E-state index in [1.807, 2.05) is 0 Å². The van der Waals surface area contributed by atoms with E-state index in [0.717, 1.165) is 0 Å². The molecule has 0 unspecified atom stereocenters. The second-order valence-electron chi connectivity index (χ2n) is 1.89. The van der Waals surface area contributed by atoms with Crippen LogP contribution in [0.15, 0.2) is 21.7 Å². The van der Waals surface area contributed by atoms with E-state index in [4.69, 9.17) is 0 Å². The lowest BCUT2D eigenvalue weighted by Gasteiger charge is -1.96. The summed E-state index contributed by atoms with van der Waals surface area (Å²) < 4.78 is 1.25. The molecule has 1 aromatic heterocycles. The van der Waals surface area contributed by atoms with Gasteiger partial charge in [0.2, 0.25) is 0 Å². The van der Waals surface area contributed by atoms with Crippen LogP contribution in [0.5, 0.6) is 0 Å². The summed E-state index contributed by atoms with van der Waals surface area (Å²) in [7, 11) is 0. The third kappa shape index (κ3) is 1.15. The molecule has 0 aliphatic rings. The molecule has 1 aromatic rings. The van der Waals surface area contributed by atoms with E-state index in [-0.39, 0.29) is 11.1 Å². The van der Waals surface area contributed by atoms with Crippen molar-refractivity contribution in [1.82, 2.24) is 9.78 Å². The molecule has 0 aliphatic heterocycles. The minimum Gasteiger partial charge on any atom is -0.268 e. The predicted octanol–water partition coefficient (Wildman–Crippen LogP) is -0.443. The Bertz CT molecular complexity index is 323. The standard InChI is InChI=1S/C6H8N2O2/c1-2-8-6(10)4-3-5(9)7-8/h3-4H,2H2,1H3,(H,7,9). The quantitative estimate of drug-likeness (QED) is 0.574. The van der Waals surface area contributed by atoms with Crippen molar-refractivity contribution >= 4 is 0 Å². The molecule has 10 heavy (non-hydrogen) atoms. The van der Waals surface area contributed by atoms with Crippen LogP contribution < -0.4 is 11.1 Å². The highest BCUT2D eigenvalue weighted by molar-refractivity contribution is 4.85. The van der Waals surface area contributed by atoms with Gasteiger partial charge in [0.1, 0.15) is 0 Å². The molecule has 4 nitrogen and oxygen atoms in total. The fourth-order valence-corrected chi connectivity index (χ4v) is 0.697. The van der Waals surface area contributed by atoms with Crippen molar-refractivity contribution < 1.29 is 0 Å². The lowest BCUT2D eigenvalue weighted by molar-refractivity contribution is 0.605. The van der Waals surface area contributed by atoms with Gasteiger partial charge in [0.25, 0.3) is 11.1 Å². The van der Waals surface area contributed by atoms with Crippen LogP contribution in [-0.4, -0.2) is 9.78 Å². The highest BCUT2D eigenvalue weighted by atomic mass is 16.1. The summed E-state index contributed by atoms with van der Waals surface area (Å²) in [6.07, 6.45) is 0. The van der Waals surface area contributed by atoms with E-state index >= 15 is 0 Å². The Kier molecular flexibility index (Phi) is 1.71. The molecule has 4 heteroatoms. The summed E-state index contributed by atoms with van der Waals surface area (Å²) in [6, 6.07) is 2.47. The molecule has 0 fully saturated rings. The first-order valence-corrected chi connectivity index (χ1v) is 3.04. The number of hydrogen-bond acceptors (Lipinski definition) is 2. The topological polar surface area (TPSA) is 54.9 Å². The number of nitrogens with zero attached hydrogens (tertiary/aromatic N) is 1. The van der Waals surface area contributed by atoms with Gasteiger partial charge in [-0.05, 0) is 6.92 Å². The van der Waals surface area contributed by atoms with E-state index in [2.05, 4.69) is 5.10 Å². The maximum Gasteiger partial charge on any atom is 0.265 e. The Hall–Kier alpha value is -1.32. The lowest BCUT2D eigenvalue weighted by Crippen LogP contribution is -2.26. The Morgan fingerprint density at radius 2 is 2.20 bits per heavy atom. The van der Waals surface area contributed by atoms with Crippen molar-refractivity contribution in [1.29, 1.82) is 0 Å². The molecule has 0 aromatic carbocycles. The molecule has 1 rings (SSSR count). The molecule has 0 radical (unpaired) electrons. The van der Waals surface area contributed by atoms with Gasteiger partial charge in [0.05, 0.1) is 0 Å². The minimum atomic E-state index is -0.249. The van der Waals surface area contributed by atoms with Crippen molar-refractivity contribution in [2.24, 2.45) is 0 Å². The van der Waals surface area contributed by atoms with Crippen molar-refractivity contribution in [2.45, 2.75) is 13.5 Å². The first-order valence-electron chi connectivity index (χ1n) is 3.04. The summed E-state index contributed by atoms with van der Waals surface area (Å²) in [5.74, 6) is 0. The van der Waals surface area contributed by atoms with Gasteiger partial charge >= 0.3 is 0 Å². The highest BCUT2D eigenvalue weighted by Crippen LogP contribution is 1.66. The second kappa shape index (κ2) is 2.51. The zero-order chi connectivity index (χ0) is 7.56. The fourth-order valence-electron chi connectivity index (χ4n) is 0.697. The van der Waals surface area contributed by atoms with E-state index in [1.54, 1.807) is 6.92 Å². The highest BCUT2D eigenvalue weighted by Gasteiger charge is 1.89. The smallest absolute Gasteiger partial charge is 0.265 e. The van der Waals surface area contributed by atoms with Crippen LogP contribution >= 0.6 is 0 Å². The zero-order valence-corrected chi connectivity index (χ0v) is 5.63. The van der Waals surface area contributed by atoms with Crippen LogP contribution in [-0.2, 0) is 6.54 Å². The number of H-pyrrole nitrogens is 1. The number of nitrogens with one attached hydrogen (secondary N) is 1. The Labute approximate surface area is 57.1 Å². The van der Waals surface area contributed by atoms with Gasteiger partial charge in [-0.1, -0.05) is 0 Å². The van der Waals surface area contributed by atoms with E-state index in [9.17, 15) is 9.59 Å². The molecule has 1 N–H and O–H groups in total. The summed E-state index contributed by atoms with van der Waals surface area (Å²) >= 11 is 0. The predicted molar refractivity (Wildman–Crippen MR) is 37.0 cm³/mol. The molecule has 1 heterocycles. The molecule has 0 saturated carbocycles. The van der Waals surface area contributed by atoms with Gasteiger partial charge in [-0.25, -0.2) is 0 Å². The number of aromatic amines is 1. The van der Waals surface area contributed by atoms with Crippen molar-refractivity contribution in [3.63, 3.8) is 0 Å². The molecule has 0 bridgehead atoms. The van der Waals surface area contributed by atoms with Crippen molar-refractivity contribution in [3.8, 4) is 0 Å². The zero-order valence-electron chi connectivity index (χ0n) is 5.63. The third-order valence-corrected chi connectivity index (χ3v) is 1.20. The molecule has 0 aliphatic carbocycles. The third-order valence-electron chi connectivity index (χ3n) is 1.20. The Morgan fingerprint density at radius 3 is 2.70 bits per heavy atom. The number of aromatic nitrogens is 2. The van der Waals surface area contributed by atoms with Crippen molar-refractivity contribution in [3.05, 3.63) is 32.8 Å². The van der Waals surface area contributed by atoms with Crippen LogP contribution in [0.1, 0.15) is 6.92 Å². The molecule has 0 amide bonds. The average molecular weight is 140 g/mol. The normalized spacial score (nSPS) is 9.70. The monoisotopic (exact) mass is 140 g/mol. The van der Waals surface area contributed by atoms with Gasteiger partial charge in [0, 0.05) is 18.7 Å². The van der Waals surface area contributed by atoms with E-state index < -0.39 is 0 Å². The molecule has 0 spiro atoms. The Morgan fingerprint density at radius 1 is 1.50 bits per heavy atom. The van der Waals surface area contributed by atoms with Crippen LogP contribution in [0.2, 0.25) is 0 Å². The molecular weight excluding hydrogens is 132 g/mol. The Balaban J connectivity index is 3.36.